The molecular formula is C14H13N5O4. The van der Waals surface area contributed by atoms with Gasteiger partial charge >= 0.3 is 0 Å². The Morgan fingerprint density at radius 3 is 2.43 bits per heavy atom. The van der Waals surface area contributed by atoms with Gasteiger partial charge < -0.3 is 0 Å². The van der Waals surface area contributed by atoms with E-state index in [1.165, 1.54) is 24.3 Å². The number of rotatable bonds is 4. The standard InChI is InChI=1S/C14H13N5O4/c20-13(9-3-5-10(6-4-9)19(22)23)17-18-14(21)12-7-11(15-16-12)8-1-2-8/h3-8H,1-2H2,(H,15,16)(H,17,20)(H,18,21). The first-order valence-corrected chi connectivity index (χ1v) is 6.95. The van der Waals surface area contributed by atoms with Crippen LogP contribution in [0.3, 0.4) is 0 Å². The van der Waals surface area contributed by atoms with Crippen molar-refractivity contribution in [3.63, 3.8) is 0 Å². The SMILES string of the molecule is O=C(NNC(=O)c1cc(C2CC2)[nH]n1)c1ccc([N+](=O)[O-])cc1. The highest BCUT2D eigenvalue weighted by Gasteiger charge is 2.26. The third-order valence-corrected chi connectivity index (χ3v) is 3.48. The van der Waals surface area contributed by atoms with E-state index in [0.717, 1.165) is 18.5 Å². The number of amides is 2. The number of hydrazine groups is 1. The van der Waals surface area contributed by atoms with Gasteiger partial charge in [0, 0.05) is 29.3 Å². The fraction of sp³-hybridized carbons (Fsp3) is 0.214. The van der Waals surface area contributed by atoms with Crippen LogP contribution in [-0.4, -0.2) is 26.9 Å². The lowest BCUT2D eigenvalue weighted by Crippen LogP contribution is -2.41. The van der Waals surface area contributed by atoms with E-state index in [2.05, 4.69) is 21.0 Å². The molecule has 9 nitrogen and oxygen atoms in total. The molecule has 1 fully saturated rings. The van der Waals surface area contributed by atoms with Crippen LogP contribution in [-0.2, 0) is 0 Å². The fourth-order valence-corrected chi connectivity index (χ4v) is 2.04. The maximum atomic E-state index is 11.9. The molecule has 23 heavy (non-hydrogen) atoms. The van der Waals surface area contributed by atoms with Gasteiger partial charge in [-0.25, -0.2) is 0 Å². The molecule has 0 atom stereocenters. The van der Waals surface area contributed by atoms with E-state index in [-0.39, 0.29) is 16.9 Å². The van der Waals surface area contributed by atoms with Crippen LogP contribution in [0.4, 0.5) is 5.69 Å². The topological polar surface area (TPSA) is 130 Å². The first-order chi connectivity index (χ1) is 11.0. The Hall–Kier alpha value is -3.23. The number of carbonyl (C=O) groups excluding carboxylic acids is 2. The second-order valence-electron chi connectivity index (χ2n) is 5.20. The summed E-state index contributed by atoms with van der Waals surface area (Å²) in [5, 5.41) is 17.2. The van der Waals surface area contributed by atoms with Gasteiger partial charge in [0.2, 0.25) is 0 Å². The third kappa shape index (κ3) is 3.34. The molecule has 0 bridgehead atoms. The molecule has 1 aromatic carbocycles. The van der Waals surface area contributed by atoms with Gasteiger partial charge in [-0.2, -0.15) is 5.10 Å². The van der Waals surface area contributed by atoms with Gasteiger partial charge in [0.1, 0.15) is 0 Å². The number of hydrogen-bond donors (Lipinski definition) is 3. The minimum Gasteiger partial charge on any atom is -0.281 e. The number of benzene rings is 1. The number of carbonyl (C=O) groups is 2. The minimum absolute atomic E-state index is 0.116. The first-order valence-electron chi connectivity index (χ1n) is 6.95. The van der Waals surface area contributed by atoms with Crippen molar-refractivity contribution in [2.75, 3.05) is 0 Å². The second kappa shape index (κ2) is 5.87. The zero-order chi connectivity index (χ0) is 16.4. The monoisotopic (exact) mass is 315 g/mol. The smallest absolute Gasteiger partial charge is 0.281 e. The molecule has 0 radical (unpaired) electrons. The Balaban J connectivity index is 1.57. The number of nitrogens with zero attached hydrogens (tertiary/aromatic N) is 2. The highest BCUT2D eigenvalue weighted by atomic mass is 16.6. The molecule has 1 saturated carbocycles. The van der Waals surface area contributed by atoms with Gasteiger partial charge in [0.25, 0.3) is 17.5 Å². The summed E-state index contributed by atoms with van der Waals surface area (Å²) in [6.07, 6.45) is 2.17. The molecule has 9 heteroatoms. The van der Waals surface area contributed by atoms with Gasteiger partial charge in [0.05, 0.1) is 4.92 Å². The van der Waals surface area contributed by atoms with E-state index in [9.17, 15) is 19.7 Å². The molecule has 0 spiro atoms. The van der Waals surface area contributed by atoms with Crippen molar-refractivity contribution in [3.05, 3.63) is 57.4 Å². The van der Waals surface area contributed by atoms with Gasteiger partial charge in [-0.1, -0.05) is 0 Å². The molecule has 1 aliphatic carbocycles. The molecule has 2 aromatic rings. The summed E-state index contributed by atoms with van der Waals surface area (Å²) in [7, 11) is 0. The second-order valence-corrected chi connectivity index (χ2v) is 5.20. The number of aromatic amines is 1. The molecule has 1 aliphatic rings. The van der Waals surface area contributed by atoms with Crippen LogP contribution in [0.2, 0.25) is 0 Å². The normalized spacial score (nSPS) is 13.4. The highest BCUT2D eigenvalue weighted by molar-refractivity contribution is 5.98. The van der Waals surface area contributed by atoms with Gasteiger partial charge in [-0.15, -0.1) is 0 Å². The van der Waals surface area contributed by atoms with E-state index in [4.69, 9.17) is 0 Å². The van der Waals surface area contributed by atoms with E-state index in [1.54, 1.807) is 6.07 Å². The molecule has 3 rings (SSSR count). The van der Waals surface area contributed by atoms with Crippen LogP contribution < -0.4 is 10.9 Å². The molecular weight excluding hydrogens is 302 g/mol. The van der Waals surface area contributed by atoms with Crippen LogP contribution in [0.15, 0.2) is 30.3 Å². The molecule has 0 unspecified atom stereocenters. The minimum atomic E-state index is -0.578. The summed E-state index contributed by atoms with van der Waals surface area (Å²) in [5.74, 6) is -0.673. The Morgan fingerprint density at radius 2 is 1.83 bits per heavy atom. The summed E-state index contributed by atoms with van der Waals surface area (Å²) < 4.78 is 0. The lowest BCUT2D eigenvalue weighted by atomic mass is 10.2. The lowest BCUT2D eigenvalue weighted by Gasteiger charge is -2.05. The predicted molar refractivity (Wildman–Crippen MR) is 78.6 cm³/mol. The Labute approximate surface area is 130 Å². The molecule has 3 N–H and O–H groups in total. The summed E-state index contributed by atoms with van der Waals surface area (Å²) in [4.78, 5) is 33.7. The lowest BCUT2D eigenvalue weighted by molar-refractivity contribution is -0.384. The number of nitrogens with one attached hydrogen (secondary N) is 3. The summed E-state index contributed by atoms with van der Waals surface area (Å²) in [6, 6.07) is 6.70. The number of hydrogen-bond acceptors (Lipinski definition) is 5. The average molecular weight is 315 g/mol. The first kappa shape index (κ1) is 14.7. The zero-order valence-electron chi connectivity index (χ0n) is 11.9. The predicted octanol–water partition coefficient (Wildman–Crippen LogP) is 1.27. The Bertz CT molecular complexity index is 764. The molecule has 1 heterocycles. The van der Waals surface area contributed by atoms with Crippen molar-refractivity contribution in [3.8, 4) is 0 Å². The van der Waals surface area contributed by atoms with Crippen molar-refractivity contribution in [2.24, 2.45) is 0 Å². The van der Waals surface area contributed by atoms with Crippen LogP contribution in [0.1, 0.15) is 45.3 Å². The molecule has 1 aromatic heterocycles. The number of nitro benzene ring substituents is 1. The van der Waals surface area contributed by atoms with Crippen molar-refractivity contribution in [1.29, 1.82) is 0 Å². The fourth-order valence-electron chi connectivity index (χ4n) is 2.04. The van der Waals surface area contributed by atoms with Crippen molar-refractivity contribution >= 4 is 17.5 Å². The van der Waals surface area contributed by atoms with Crippen LogP contribution in [0.25, 0.3) is 0 Å². The summed E-state index contributed by atoms with van der Waals surface area (Å²) in [5.41, 5.74) is 5.67. The van der Waals surface area contributed by atoms with Crippen LogP contribution in [0.5, 0.6) is 0 Å². The number of H-pyrrole nitrogens is 1. The average Bonchev–Trinajstić information content (AvgIpc) is 3.29. The maximum Gasteiger partial charge on any atom is 0.290 e. The van der Waals surface area contributed by atoms with E-state index >= 15 is 0 Å². The zero-order valence-corrected chi connectivity index (χ0v) is 11.9. The van der Waals surface area contributed by atoms with Gasteiger partial charge in [0.15, 0.2) is 5.69 Å². The maximum absolute atomic E-state index is 11.9. The Kier molecular flexibility index (Phi) is 3.75. The highest BCUT2D eigenvalue weighted by Crippen LogP contribution is 2.38. The number of non-ortho nitro benzene ring substituents is 1. The van der Waals surface area contributed by atoms with Crippen LogP contribution >= 0.6 is 0 Å². The van der Waals surface area contributed by atoms with Crippen molar-refractivity contribution < 1.29 is 14.5 Å². The van der Waals surface area contributed by atoms with Crippen LogP contribution in [0, 0.1) is 10.1 Å². The van der Waals surface area contributed by atoms with Crippen molar-refractivity contribution in [1.82, 2.24) is 21.0 Å². The van der Waals surface area contributed by atoms with E-state index in [1.807, 2.05) is 0 Å². The number of aromatic nitrogens is 2. The van der Waals surface area contributed by atoms with Gasteiger partial charge in [-0.3, -0.25) is 35.7 Å². The molecule has 118 valence electrons. The van der Waals surface area contributed by atoms with Gasteiger partial charge in [-0.05, 0) is 31.0 Å². The molecule has 0 aliphatic heterocycles. The van der Waals surface area contributed by atoms with E-state index in [0.29, 0.717) is 5.92 Å². The Morgan fingerprint density at radius 1 is 1.17 bits per heavy atom. The molecule has 0 saturated heterocycles. The summed E-state index contributed by atoms with van der Waals surface area (Å²) >= 11 is 0. The molecule has 2 amide bonds. The van der Waals surface area contributed by atoms with Crippen molar-refractivity contribution in [2.45, 2.75) is 18.8 Å². The summed E-state index contributed by atoms with van der Waals surface area (Å²) in [6.45, 7) is 0. The number of nitro groups is 1. The largest absolute Gasteiger partial charge is 0.290 e. The quantitative estimate of drug-likeness (QED) is 0.577. The van der Waals surface area contributed by atoms with E-state index < -0.39 is 16.7 Å². The third-order valence-electron chi connectivity index (χ3n) is 3.48.